The summed E-state index contributed by atoms with van der Waals surface area (Å²) in [6.45, 7) is 7.23. The van der Waals surface area contributed by atoms with Gasteiger partial charge in [0.25, 0.3) is 0 Å². The van der Waals surface area contributed by atoms with Crippen LogP contribution in [0.4, 0.5) is 0 Å². The van der Waals surface area contributed by atoms with Crippen molar-refractivity contribution in [2.45, 2.75) is 406 Å². The van der Waals surface area contributed by atoms with E-state index in [1.807, 2.05) is 0 Å². The Bertz CT molecular complexity index is 1790. The van der Waals surface area contributed by atoms with Gasteiger partial charge < -0.3 is 33.8 Å². The van der Waals surface area contributed by atoms with E-state index in [1.165, 1.54) is 205 Å². The highest BCUT2D eigenvalue weighted by Gasteiger charge is 2.30. The highest BCUT2D eigenvalue weighted by molar-refractivity contribution is 7.47. The molecule has 0 aromatic rings. The summed E-state index contributed by atoms with van der Waals surface area (Å²) in [5, 5.41) is 10.6. The number of esters is 4. The quantitative estimate of drug-likeness (QED) is 0.0222. The Morgan fingerprint density at radius 3 is 0.731 bits per heavy atom. The van der Waals surface area contributed by atoms with Gasteiger partial charge >= 0.3 is 39.5 Å². The molecule has 0 aromatic carbocycles. The minimum atomic E-state index is -4.95. The lowest BCUT2D eigenvalue weighted by atomic mass is 10.0. The second-order valence-electron chi connectivity index (χ2n) is 27.2. The molecule has 0 radical (unpaired) electrons. The van der Waals surface area contributed by atoms with Crippen LogP contribution in [-0.4, -0.2) is 96.7 Å². The summed E-state index contributed by atoms with van der Waals surface area (Å²) in [6, 6.07) is 0. The first-order chi connectivity index (χ1) is 45.0. The molecule has 2 unspecified atom stereocenters. The van der Waals surface area contributed by atoms with Gasteiger partial charge in [-0.25, -0.2) is 9.13 Å². The fourth-order valence-electron chi connectivity index (χ4n) is 11.4. The van der Waals surface area contributed by atoms with Crippen LogP contribution in [0.3, 0.4) is 0 Å². The van der Waals surface area contributed by atoms with Crippen molar-refractivity contribution in [1.82, 2.24) is 0 Å². The highest BCUT2D eigenvalue weighted by Crippen LogP contribution is 2.45. The summed E-state index contributed by atoms with van der Waals surface area (Å²) in [5.41, 5.74) is 0. The standard InChI is InChI=1S/C74H144O17P2/c1-6-9-12-15-17-19-21-23-24-28-32-35-39-43-48-53-58-72(77)85-64-70(91-74(79)60-55-50-45-41-37-33-29-26-25-27-31-34-38-42-47-51-56-67(4)5)66-89-93(82,83)87-62-68(75)61-86-92(80,81)88-65-69(63-84-71(76)57-52-46-14-11-8-3)90-73(78)59-54-49-44-40-36-30-22-20-18-16-13-10-7-2/h67-70,75H,6-66H2,1-5H3,(H,80,81)(H,82,83)/t68-,69+,70+/m0/s1. The molecular formula is C74H144O17P2. The van der Waals surface area contributed by atoms with E-state index in [-0.39, 0.29) is 25.7 Å². The van der Waals surface area contributed by atoms with Gasteiger partial charge in [0.2, 0.25) is 0 Å². The summed E-state index contributed by atoms with van der Waals surface area (Å²) >= 11 is 0. The van der Waals surface area contributed by atoms with Crippen molar-refractivity contribution in [3.8, 4) is 0 Å². The predicted molar refractivity (Wildman–Crippen MR) is 377 cm³/mol. The lowest BCUT2D eigenvalue weighted by molar-refractivity contribution is -0.161. The Morgan fingerprint density at radius 1 is 0.290 bits per heavy atom. The number of carbonyl (C=O) groups is 4. The Hall–Kier alpha value is -1.94. The number of unbranched alkanes of at least 4 members (excludes halogenated alkanes) is 46. The average molecular weight is 1370 g/mol. The number of aliphatic hydroxyl groups is 1. The number of carbonyl (C=O) groups excluding carboxylic acids is 4. The second kappa shape index (κ2) is 67.3. The van der Waals surface area contributed by atoms with Crippen molar-refractivity contribution in [2.24, 2.45) is 5.92 Å². The topological polar surface area (TPSA) is 237 Å². The minimum Gasteiger partial charge on any atom is -0.462 e. The number of phosphoric acid groups is 2. The van der Waals surface area contributed by atoms with Crippen LogP contribution >= 0.6 is 15.6 Å². The first-order valence-corrected chi connectivity index (χ1v) is 41.6. The van der Waals surface area contributed by atoms with Gasteiger partial charge in [-0.05, 0) is 31.6 Å². The van der Waals surface area contributed by atoms with Crippen molar-refractivity contribution in [1.29, 1.82) is 0 Å². The zero-order valence-corrected chi connectivity index (χ0v) is 62.2. The molecule has 93 heavy (non-hydrogen) atoms. The molecule has 17 nitrogen and oxygen atoms in total. The Balaban J connectivity index is 5.14. The first kappa shape index (κ1) is 91.1. The van der Waals surface area contributed by atoms with Crippen molar-refractivity contribution in [3.63, 3.8) is 0 Å². The zero-order chi connectivity index (χ0) is 68.4. The molecule has 0 aliphatic heterocycles. The van der Waals surface area contributed by atoms with E-state index in [0.29, 0.717) is 25.7 Å². The number of rotatable bonds is 74. The van der Waals surface area contributed by atoms with Crippen molar-refractivity contribution in [3.05, 3.63) is 0 Å². The molecular weight excluding hydrogens is 1220 g/mol. The number of hydrogen-bond donors (Lipinski definition) is 3. The summed E-state index contributed by atoms with van der Waals surface area (Å²) < 4.78 is 68.2. The molecule has 0 heterocycles. The monoisotopic (exact) mass is 1370 g/mol. The third-order valence-corrected chi connectivity index (χ3v) is 19.2. The van der Waals surface area contributed by atoms with Crippen LogP contribution < -0.4 is 0 Å². The third-order valence-electron chi connectivity index (χ3n) is 17.3. The normalized spacial score (nSPS) is 14.0. The molecule has 552 valence electrons. The van der Waals surface area contributed by atoms with Crippen LogP contribution in [0.5, 0.6) is 0 Å². The van der Waals surface area contributed by atoms with Crippen LogP contribution in [0, 0.1) is 5.92 Å². The highest BCUT2D eigenvalue weighted by atomic mass is 31.2. The van der Waals surface area contributed by atoms with E-state index in [4.69, 9.17) is 37.0 Å². The number of aliphatic hydroxyl groups excluding tert-OH is 1. The molecule has 0 amide bonds. The number of ether oxygens (including phenoxy) is 4. The van der Waals surface area contributed by atoms with Crippen LogP contribution in [0.2, 0.25) is 0 Å². The van der Waals surface area contributed by atoms with Gasteiger partial charge in [0, 0.05) is 25.7 Å². The summed E-state index contributed by atoms with van der Waals surface area (Å²) in [7, 11) is -9.90. The molecule has 0 aromatic heterocycles. The Kier molecular flexibility index (Phi) is 65.9. The molecule has 19 heteroatoms. The fourth-order valence-corrected chi connectivity index (χ4v) is 12.9. The lowest BCUT2D eigenvalue weighted by Gasteiger charge is -2.21. The molecule has 0 fully saturated rings. The van der Waals surface area contributed by atoms with E-state index >= 15 is 0 Å². The third kappa shape index (κ3) is 68.4. The molecule has 0 aliphatic carbocycles. The Labute approximate surface area is 568 Å². The smallest absolute Gasteiger partial charge is 0.462 e. The largest absolute Gasteiger partial charge is 0.472 e. The first-order valence-electron chi connectivity index (χ1n) is 38.6. The average Bonchev–Trinajstić information content (AvgIpc) is 1.84. The Morgan fingerprint density at radius 2 is 0.495 bits per heavy atom. The van der Waals surface area contributed by atoms with Gasteiger partial charge in [-0.2, -0.15) is 0 Å². The SMILES string of the molecule is CCCCCCCCCCCCCCCCCCC(=O)OC[C@H](COP(=O)(O)OC[C@@H](O)COP(=O)(O)OC[C@@H](COC(=O)CCCCCCC)OC(=O)CCCCCCCCCCCCCCC)OC(=O)CCCCCCCCCCCCCCCCCCC(C)C. The molecule has 0 rings (SSSR count). The maximum Gasteiger partial charge on any atom is 0.472 e. The fraction of sp³-hybridized carbons (Fsp3) is 0.946. The van der Waals surface area contributed by atoms with Gasteiger partial charge in [0.1, 0.15) is 19.3 Å². The van der Waals surface area contributed by atoms with Gasteiger partial charge in [0.05, 0.1) is 26.4 Å². The summed E-state index contributed by atoms with van der Waals surface area (Å²) in [4.78, 5) is 72.4. The van der Waals surface area contributed by atoms with E-state index in [1.54, 1.807) is 0 Å². The van der Waals surface area contributed by atoms with Crippen LogP contribution in [0.1, 0.15) is 388 Å². The van der Waals surface area contributed by atoms with E-state index in [2.05, 4.69) is 34.6 Å². The molecule has 5 atom stereocenters. The van der Waals surface area contributed by atoms with E-state index in [0.717, 1.165) is 102 Å². The molecule has 0 saturated carbocycles. The van der Waals surface area contributed by atoms with Gasteiger partial charge in [-0.3, -0.25) is 37.3 Å². The second-order valence-corrected chi connectivity index (χ2v) is 30.1. The van der Waals surface area contributed by atoms with Gasteiger partial charge in [-0.15, -0.1) is 0 Å². The van der Waals surface area contributed by atoms with Crippen molar-refractivity contribution in [2.75, 3.05) is 39.6 Å². The maximum atomic E-state index is 13.1. The van der Waals surface area contributed by atoms with Crippen LogP contribution in [-0.2, 0) is 65.4 Å². The van der Waals surface area contributed by atoms with Crippen LogP contribution in [0.25, 0.3) is 0 Å². The predicted octanol–water partition coefficient (Wildman–Crippen LogP) is 21.7. The van der Waals surface area contributed by atoms with Crippen LogP contribution in [0.15, 0.2) is 0 Å². The van der Waals surface area contributed by atoms with Crippen molar-refractivity contribution >= 4 is 39.5 Å². The molecule has 0 saturated heterocycles. The van der Waals surface area contributed by atoms with E-state index < -0.39 is 97.5 Å². The zero-order valence-electron chi connectivity index (χ0n) is 60.4. The summed E-state index contributed by atoms with van der Waals surface area (Å²) in [5.74, 6) is -1.32. The maximum absolute atomic E-state index is 13.1. The molecule has 3 N–H and O–H groups in total. The number of hydrogen-bond acceptors (Lipinski definition) is 15. The lowest BCUT2D eigenvalue weighted by Crippen LogP contribution is -2.30. The number of phosphoric ester groups is 2. The molecule has 0 bridgehead atoms. The van der Waals surface area contributed by atoms with Gasteiger partial charge in [-0.1, -0.05) is 336 Å². The molecule has 0 spiro atoms. The van der Waals surface area contributed by atoms with Gasteiger partial charge in [0.15, 0.2) is 12.2 Å². The van der Waals surface area contributed by atoms with E-state index in [9.17, 15) is 43.2 Å². The molecule has 0 aliphatic rings. The summed E-state index contributed by atoms with van der Waals surface area (Å²) in [6.07, 6.45) is 55.8. The van der Waals surface area contributed by atoms with Crippen molar-refractivity contribution < 1.29 is 80.2 Å². The minimum absolute atomic E-state index is 0.107.